The quantitative estimate of drug-likeness (QED) is 0.841. The molecule has 0 aromatic heterocycles. The number of likely N-dealkylation sites (N-methyl/N-ethyl adjacent to an activating group) is 1. The topological polar surface area (TPSA) is 57.7 Å². The molecule has 116 valence electrons. The maximum Gasteiger partial charge on any atom is 0.244 e. The van der Waals surface area contributed by atoms with E-state index in [9.17, 15) is 22.0 Å². The molecule has 1 aromatic rings. The van der Waals surface area contributed by atoms with Crippen LogP contribution in [0.25, 0.3) is 0 Å². The molecule has 0 saturated carbocycles. The first kappa shape index (κ1) is 15.8. The van der Waals surface area contributed by atoms with Crippen LogP contribution in [0.3, 0.4) is 0 Å². The van der Waals surface area contributed by atoms with Crippen LogP contribution in [0.2, 0.25) is 0 Å². The van der Waals surface area contributed by atoms with Crippen LogP contribution < -0.4 is 0 Å². The molecule has 1 heterocycles. The van der Waals surface area contributed by atoms with Gasteiger partial charge in [-0.1, -0.05) is 0 Å². The van der Waals surface area contributed by atoms with Crippen molar-refractivity contribution in [3.63, 3.8) is 0 Å². The van der Waals surface area contributed by atoms with E-state index in [0.29, 0.717) is 18.9 Å². The summed E-state index contributed by atoms with van der Waals surface area (Å²) in [6.45, 7) is 0.157. The predicted octanol–water partition coefficient (Wildman–Crippen LogP) is 1.21. The summed E-state index contributed by atoms with van der Waals surface area (Å²) in [5, 5.41) is 0. The zero-order valence-electron chi connectivity index (χ0n) is 11.7. The van der Waals surface area contributed by atoms with Crippen LogP contribution in [0, 0.1) is 11.6 Å². The number of hydrogen-bond acceptors (Lipinski definition) is 3. The number of nitrogens with zero attached hydrogens (tertiary/aromatic N) is 2. The third kappa shape index (κ3) is 3.06. The number of sulfonamides is 1. The average Bonchev–Trinajstić information content (AvgIpc) is 2.86. The van der Waals surface area contributed by atoms with Crippen molar-refractivity contribution in [2.45, 2.75) is 23.8 Å². The van der Waals surface area contributed by atoms with Crippen molar-refractivity contribution in [2.24, 2.45) is 0 Å². The van der Waals surface area contributed by atoms with Crippen LogP contribution >= 0.6 is 0 Å². The molecule has 0 aliphatic carbocycles. The molecule has 0 bridgehead atoms. The lowest BCUT2D eigenvalue weighted by Crippen LogP contribution is -2.45. The highest BCUT2D eigenvalue weighted by Crippen LogP contribution is 2.27. The van der Waals surface area contributed by atoms with E-state index in [0.717, 1.165) is 16.4 Å². The summed E-state index contributed by atoms with van der Waals surface area (Å²) in [7, 11) is -1.04. The van der Waals surface area contributed by atoms with Gasteiger partial charge in [0.25, 0.3) is 0 Å². The predicted molar refractivity (Wildman–Crippen MR) is 72.0 cm³/mol. The summed E-state index contributed by atoms with van der Waals surface area (Å²) < 4.78 is 52.5. The Hall–Kier alpha value is -1.54. The van der Waals surface area contributed by atoms with Crippen molar-refractivity contribution in [3.05, 3.63) is 29.8 Å². The minimum atomic E-state index is -4.11. The Kier molecular flexibility index (Phi) is 4.29. The van der Waals surface area contributed by atoms with Gasteiger partial charge in [0.1, 0.15) is 17.7 Å². The molecule has 2 rings (SSSR count). The van der Waals surface area contributed by atoms with E-state index in [4.69, 9.17) is 0 Å². The Balaban J connectivity index is 2.40. The Morgan fingerprint density at radius 2 is 1.81 bits per heavy atom. The standard InChI is InChI=1S/C13H16F2N2O3S/c1-16(2)13(18)12-4-3-5-17(12)21(19,20)11-7-9(14)6-10(15)8-11/h6-8,12H,3-5H2,1-2H3. The first-order chi connectivity index (χ1) is 9.73. The van der Waals surface area contributed by atoms with Crippen molar-refractivity contribution in [1.82, 2.24) is 9.21 Å². The molecule has 0 radical (unpaired) electrons. The SMILES string of the molecule is CN(C)C(=O)C1CCCN1S(=O)(=O)c1cc(F)cc(F)c1. The summed E-state index contributed by atoms with van der Waals surface area (Å²) in [6, 6.07) is 1.30. The molecule has 1 fully saturated rings. The van der Waals surface area contributed by atoms with Crippen molar-refractivity contribution >= 4 is 15.9 Å². The number of benzene rings is 1. The van der Waals surface area contributed by atoms with Crippen LogP contribution in [0.1, 0.15) is 12.8 Å². The summed E-state index contributed by atoms with van der Waals surface area (Å²) >= 11 is 0. The molecular weight excluding hydrogens is 302 g/mol. The number of halogens is 2. The highest BCUT2D eigenvalue weighted by Gasteiger charge is 2.40. The largest absolute Gasteiger partial charge is 0.347 e. The van der Waals surface area contributed by atoms with Gasteiger partial charge in [-0.05, 0) is 25.0 Å². The molecule has 1 aliphatic heterocycles. The minimum absolute atomic E-state index is 0.157. The summed E-state index contributed by atoms with van der Waals surface area (Å²) in [5.74, 6) is -2.28. The number of hydrogen-bond donors (Lipinski definition) is 0. The van der Waals surface area contributed by atoms with Gasteiger partial charge in [-0.3, -0.25) is 4.79 Å². The first-order valence-corrected chi connectivity index (χ1v) is 7.86. The third-order valence-electron chi connectivity index (χ3n) is 3.37. The van der Waals surface area contributed by atoms with Crippen molar-refractivity contribution in [2.75, 3.05) is 20.6 Å². The smallest absolute Gasteiger partial charge is 0.244 e. The van der Waals surface area contributed by atoms with Gasteiger partial charge >= 0.3 is 0 Å². The molecule has 21 heavy (non-hydrogen) atoms. The van der Waals surface area contributed by atoms with E-state index < -0.39 is 32.6 Å². The van der Waals surface area contributed by atoms with Gasteiger partial charge in [0.2, 0.25) is 15.9 Å². The molecule has 1 unspecified atom stereocenters. The number of amides is 1. The number of carbonyl (C=O) groups is 1. The molecule has 8 heteroatoms. The molecule has 1 amide bonds. The van der Waals surface area contributed by atoms with Crippen molar-refractivity contribution in [3.8, 4) is 0 Å². The molecule has 1 atom stereocenters. The Labute approximate surface area is 122 Å². The van der Waals surface area contributed by atoms with E-state index in [1.807, 2.05) is 0 Å². The zero-order valence-corrected chi connectivity index (χ0v) is 12.5. The van der Waals surface area contributed by atoms with E-state index in [2.05, 4.69) is 0 Å². The van der Waals surface area contributed by atoms with Crippen LogP contribution in [-0.2, 0) is 14.8 Å². The van der Waals surface area contributed by atoms with Gasteiger partial charge in [-0.15, -0.1) is 0 Å². The Morgan fingerprint density at radius 3 is 2.33 bits per heavy atom. The first-order valence-electron chi connectivity index (χ1n) is 6.42. The molecule has 0 N–H and O–H groups in total. The van der Waals surface area contributed by atoms with Gasteiger partial charge in [0.15, 0.2) is 0 Å². The maximum absolute atomic E-state index is 13.2. The second kappa shape index (κ2) is 5.69. The summed E-state index contributed by atoms with van der Waals surface area (Å²) in [6.07, 6.45) is 0.926. The highest BCUT2D eigenvalue weighted by atomic mass is 32.2. The molecule has 5 nitrogen and oxygen atoms in total. The lowest BCUT2D eigenvalue weighted by Gasteiger charge is -2.25. The fourth-order valence-electron chi connectivity index (χ4n) is 2.39. The van der Waals surface area contributed by atoms with E-state index >= 15 is 0 Å². The van der Waals surface area contributed by atoms with E-state index in [1.165, 1.54) is 19.0 Å². The van der Waals surface area contributed by atoms with Gasteiger partial charge in [-0.2, -0.15) is 4.31 Å². The maximum atomic E-state index is 13.2. The van der Waals surface area contributed by atoms with Crippen LogP contribution in [-0.4, -0.2) is 50.2 Å². The summed E-state index contributed by atoms with van der Waals surface area (Å²) in [4.78, 5) is 12.9. The van der Waals surface area contributed by atoms with Crippen LogP contribution in [0.4, 0.5) is 8.78 Å². The second-order valence-electron chi connectivity index (χ2n) is 5.11. The van der Waals surface area contributed by atoms with Gasteiger partial charge in [0.05, 0.1) is 4.90 Å². The van der Waals surface area contributed by atoms with Gasteiger partial charge < -0.3 is 4.90 Å². The highest BCUT2D eigenvalue weighted by molar-refractivity contribution is 7.89. The zero-order chi connectivity index (χ0) is 15.8. The third-order valence-corrected chi connectivity index (χ3v) is 5.26. The van der Waals surface area contributed by atoms with Crippen LogP contribution in [0.5, 0.6) is 0 Å². The monoisotopic (exact) mass is 318 g/mol. The molecule has 1 saturated heterocycles. The molecule has 1 aromatic carbocycles. The average molecular weight is 318 g/mol. The van der Waals surface area contributed by atoms with E-state index in [1.54, 1.807) is 0 Å². The Morgan fingerprint density at radius 1 is 1.24 bits per heavy atom. The lowest BCUT2D eigenvalue weighted by molar-refractivity contribution is -0.132. The van der Waals surface area contributed by atoms with Crippen molar-refractivity contribution in [1.29, 1.82) is 0 Å². The second-order valence-corrected chi connectivity index (χ2v) is 7.00. The summed E-state index contributed by atoms with van der Waals surface area (Å²) in [5.41, 5.74) is 0. The fraction of sp³-hybridized carbons (Fsp3) is 0.462. The molecule has 1 aliphatic rings. The van der Waals surface area contributed by atoms with Crippen LogP contribution in [0.15, 0.2) is 23.1 Å². The fourth-order valence-corrected chi connectivity index (χ4v) is 4.08. The van der Waals surface area contributed by atoms with Gasteiger partial charge in [-0.25, -0.2) is 17.2 Å². The molecular formula is C13H16F2N2O3S. The lowest BCUT2D eigenvalue weighted by atomic mass is 10.2. The minimum Gasteiger partial charge on any atom is -0.347 e. The van der Waals surface area contributed by atoms with Crippen molar-refractivity contribution < 1.29 is 22.0 Å². The number of rotatable bonds is 3. The number of carbonyl (C=O) groups excluding carboxylic acids is 1. The molecule has 0 spiro atoms. The Bertz CT molecular complexity index is 641. The van der Waals surface area contributed by atoms with E-state index in [-0.39, 0.29) is 12.5 Å². The van der Waals surface area contributed by atoms with Gasteiger partial charge in [0, 0.05) is 26.7 Å². The normalized spacial score (nSPS) is 19.7.